The van der Waals surface area contributed by atoms with Crippen molar-refractivity contribution in [3.8, 4) is 0 Å². The molecule has 0 saturated carbocycles. The van der Waals surface area contributed by atoms with Gasteiger partial charge in [0.15, 0.2) is 5.13 Å². The molecule has 0 fully saturated rings. The number of hydrogen-bond donors (Lipinski definition) is 1. The highest BCUT2D eigenvalue weighted by molar-refractivity contribution is 7.15. The fraction of sp³-hybridized carbons (Fsp3) is 0.786. The van der Waals surface area contributed by atoms with E-state index in [1.807, 2.05) is 7.05 Å². The SMILES string of the molecule is CNC(C)c1sc(N(CCOC)C(C)COC)nc1C. The summed E-state index contributed by atoms with van der Waals surface area (Å²) in [5, 5.41) is 4.32. The van der Waals surface area contributed by atoms with Gasteiger partial charge in [0.25, 0.3) is 0 Å². The average molecular weight is 301 g/mol. The van der Waals surface area contributed by atoms with E-state index in [2.05, 4.69) is 31.0 Å². The molecule has 0 bridgehead atoms. The maximum absolute atomic E-state index is 5.27. The van der Waals surface area contributed by atoms with Crippen LogP contribution in [0.15, 0.2) is 0 Å². The van der Waals surface area contributed by atoms with Gasteiger partial charge in [-0.25, -0.2) is 4.98 Å². The van der Waals surface area contributed by atoms with Crippen molar-refractivity contribution in [1.82, 2.24) is 10.3 Å². The summed E-state index contributed by atoms with van der Waals surface area (Å²) in [6.07, 6.45) is 0. The Morgan fingerprint density at radius 2 is 2.00 bits per heavy atom. The Bertz CT molecular complexity index is 398. The van der Waals surface area contributed by atoms with Crippen molar-refractivity contribution >= 4 is 16.5 Å². The van der Waals surface area contributed by atoms with E-state index in [0.717, 1.165) is 17.4 Å². The third-order valence-electron chi connectivity index (χ3n) is 3.37. The number of rotatable bonds is 9. The van der Waals surface area contributed by atoms with E-state index in [1.165, 1.54) is 4.88 Å². The Hall–Kier alpha value is -0.690. The molecule has 1 heterocycles. The predicted octanol–water partition coefficient (Wildman–Crippen LogP) is 2.22. The lowest BCUT2D eigenvalue weighted by molar-refractivity contribution is 0.171. The molecule has 0 aliphatic heterocycles. The second-order valence-corrected chi connectivity index (χ2v) is 5.96. The Labute approximate surface area is 126 Å². The van der Waals surface area contributed by atoms with Crippen LogP contribution in [0.2, 0.25) is 0 Å². The van der Waals surface area contributed by atoms with Crippen molar-refractivity contribution in [2.24, 2.45) is 0 Å². The van der Waals surface area contributed by atoms with Gasteiger partial charge in [0, 0.05) is 31.7 Å². The van der Waals surface area contributed by atoms with Crippen LogP contribution in [0.25, 0.3) is 0 Å². The van der Waals surface area contributed by atoms with E-state index in [9.17, 15) is 0 Å². The standard InChI is InChI=1S/C14H27N3O2S/c1-10(9-19-6)17(7-8-18-5)14-16-12(3)13(20-14)11(2)15-4/h10-11,15H,7-9H2,1-6H3. The van der Waals surface area contributed by atoms with E-state index < -0.39 is 0 Å². The van der Waals surface area contributed by atoms with Crippen molar-refractivity contribution in [2.45, 2.75) is 32.9 Å². The molecule has 0 aliphatic rings. The van der Waals surface area contributed by atoms with Crippen LogP contribution in [0.1, 0.15) is 30.5 Å². The van der Waals surface area contributed by atoms with Crippen molar-refractivity contribution < 1.29 is 9.47 Å². The Morgan fingerprint density at radius 3 is 2.55 bits per heavy atom. The summed E-state index contributed by atoms with van der Waals surface area (Å²) in [5.41, 5.74) is 1.10. The third-order valence-corrected chi connectivity index (χ3v) is 4.75. The van der Waals surface area contributed by atoms with Crippen LogP contribution in [0.5, 0.6) is 0 Å². The van der Waals surface area contributed by atoms with Crippen LogP contribution < -0.4 is 10.2 Å². The van der Waals surface area contributed by atoms with Crippen LogP contribution in [0, 0.1) is 6.92 Å². The fourth-order valence-corrected chi connectivity index (χ4v) is 3.33. The molecule has 6 heteroatoms. The fourth-order valence-electron chi connectivity index (χ4n) is 2.07. The van der Waals surface area contributed by atoms with Crippen LogP contribution in [0.3, 0.4) is 0 Å². The average Bonchev–Trinajstić information content (AvgIpc) is 2.80. The quantitative estimate of drug-likeness (QED) is 0.758. The number of aryl methyl sites for hydroxylation is 1. The maximum Gasteiger partial charge on any atom is 0.186 e. The summed E-state index contributed by atoms with van der Waals surface area (Å²) in [5.74, 6) is 0. The molecule has 1 N–H and O–H groups in total. The molecule has 1 rings (SSSR count). The molecule has 0 spiro atoms. The molecule has 20 heavy (non-hydrogen) atoms. The van der Waals surface area contributed by atoms with Gasteiger partial charge < -0.3 is 19.7 Å². The maximum atomic E-state index is 5.27. The van der Waals surface area contributed by atoms with Crippen molar-refractivity contribution in [1.29, 1.82) is 0 Å². The molecular weight excluding hydrogens is 274 g/mol. The van der Waals surface area contributed by atoms with E-state index in [0.29, 0.717) is 19.3 Å². The second-order valence-electron chi connectivity index (χ2n) is 4.95. The summed E-state index contributed by atoms with van der Waals surface area (Å²) in [4.78, 5) is 8.28. The lowest BCUT2D eigenvalue weighted by Gasteiger charge is -2.28. The lowest BCUT2D eigenvalue weighted by Crippen LogP contribution is -2.38. The van der Waals surface area contributed by atoms with Crippen LogP contribution >= 0.6 is 11.3 Å². The largest absolute Gasteiger partial charge is 0.383 e. The highest BCUT2D eigenvalue weighted by atomic mass is 32.1. The molecule has 1 aromatic heterocycles. The molecule has 5 nitrogen and oxygen atoms in total. The molecule has 0 aromatic carbocycles. The van der Waals surface area contributed by atoms with Gasteiger partial charge in [0.1, 0.15) is 0 Å². The Balaban J connectivity index is 2.95. The number of anilines is 1. The summed E-state index contributed by atoms with van der Waals surface area (Å²) in [6, 6.07) is 0.599. The minimum Gasteiger partial charge on any atom is -0.383 e. The molecule has 0 saturated heterocycles. The van der Waals surface area contributed by atoms with Crippen LogP contribution in [0.4, 0.5) is 5.13 Å². The first-order valence-corrected chi connectivity index (χ1v) is 7.75. The van der Waals surface area contributed by atoms with Gasteiger partial charge in [0.2, 0.25) is 0 Å². The summed E-state index contributed by atoms with van der Waals surface area (Å²) in [7, 11) is 5.42. The minimum absolute atomic E-state index is 0.276. The van der Waals surface area contributed by atoms with Gasteiger partial charge in [0.05, 0.1) is 24.9 Å². The number of methoxy groups -OCH3 is 2. The topological polar surface area (TPSA) is 46.6 Å². The zero-order valence-corrected chi connectivity index (χ0v) is 14.2. The smallest absolute Gasteiger partial charge is 0.186 e. The van der Waals surface area contributed by atoms with Crippen LogP contribution in [-0.2, 0) is 9.47 Å². The lowest BCUT2D eigenvalue weighted by atomic mass is 10.2. The van der Waals surface area contributed by atoms with E-state index >= 15 is 0 Å². The van der Waals surface area contributed by atoms with Gasteiger partial charge in [-0.3, -0.25) is 0 Å². The number of nitrogens with zero attached hydrogens (tertiary/aromatic N) is 2. The zero-order chi connectivity index (χ0) is 15.1. The van der Waals surface area contributed by atoms with E-state index in [4.69, 9.17) is 14.5 Å². The first-order valence-electron chi connectivity index (χ1n) is 6.94. The minimum atomic E-state index is 0.276. The normalized spacial score (nSPS) is 14.3. The highest BCUT2D eigenvalue weighted by Crippen LogP contribution is 2.31. The second kappa shape index (κ2) is 8.56. The number of hydrogen-bond acceptors (Lipinski definition) is 6. The van der Waals surface area contributed by atoms with E-state index in [-0.39, 0.29) is 6.04 Å². The number of aromatic nitrogens is 1. The summed E-state index contributed by atoms with van der Waals surface area (Å²) >= 11 is 1.75. The van der Waals surface area contributed by atoms with Crippen molar-refractivity contribution in [2.75, 3.05) is 45.9 Å². The van der Waals surface area contributed by atoms with Gasteiger partial charge in [-0.1, -0.05) is 0 Å². The molecule has 2 unspecified atom stereocenters. The first kappa shape index (κ1) is 17.4. The predicted molar refractivity (Wildman–Crippen MR) is 84.9 cm³/mol. The summed E-state index contributed by atoms with van der Waals surface area (Å²) in [6.45, 7) is 8.56. The molecular formula is C14H27N3O2S. The third kappa shape index (κ3) is 4.41. The molecule has 0 radical (unpaired) electrons. The molecule has 116 valence electrons. The Morgan fingerprint density at radius 1 is 1.30 bits per heavy atom. The number of nitrogens with one attached hydrogen (secondary N) is 1. The Kier molecular flexibility index (Phi) is 7.43. The molecule has 2 atom stereocenters. The van der Waals surface area contributed by atoms with Crippen molar-refractivity contribution in [3.63, 3.8) is 0 Å². The molecule has 1 aromatic rings. The number of thiazole rings is 1. The molecule has 0 aliphatic carbocycles. The van der Waals surface area contributed by atoms with E-state index in [1.54, 1.807) is 25.6 Å². The monoisotopic (exact) mass is 301 g/mol. The van der Waals surface area contributed by atoms with Gasteiger partial charge >= 0.3 is 0 Å². The van der Waals surface area contributed by atoms with Crippen LogP contribution in [-0.4, -0.2) is 52.1 Å². The van der Waals surface area contributed by atoms with Gasteiger partial charge in [-0.15, -0.1) is 11.3 Å². The van der Waals surface area contributed by atoms with Crippen molar-refractivity contribution in [3.05, 3.63) is 10.6 Å². The number of ether oxygens (including phenoxy) is 2. The summed E-state index contributed by atoms with van der Waals surface area (Å²) < 4.78 is 10.5. The van der Waals surface area contributed by atoms with Gasteiger partial charge in [-0.2, -0.15) is 0 Å². The highest BCUT2D eigenvalue weighted by Gasteiger charge is 2.21. The van der Waals surface area contributed by atoms with Gasteiger partial charge in [-0.05, 0) is 27.8 Å². The first-order chi connectivity index (χ1) is 9.54. The zero-order valence-electron chi connectivity index (χ0n) is 13.4. The molecule has 0 amide bonds.